The van der Waals surface area contributed by atoms with Gasteiger partial charge >= 0.3 is 0 Å². The van der Waals surface area contributed by atoms with Gasteiger partial charge in [-0.05, 0) is 27.2 Å². The van der Waals surface area contributed by atoms with E-state index in [-0.39, 0.29) is 0 Å². The molecular weight excluding hydrogens is 204 g/mol. The predicted molar refractivity (Wildman–Crippen MR) is 60.0 cm³/mol. The Morgan fingerprint density at radius 1 is 1.54 bits per heavy atom. The summed E-state index contributed by atoms with van der Waals surface area (Å²) in [5.41, 5.74) is 1.12. The van der Waals surface area contributed by atoms with Crippen molar-refractivity contribution >= 4 is 28.1 Å². The SMILES string of the molecule is Cc1nc(NC(C)CCCl)sc1C. The zero-order valence-corrected chi connectivity index (χ0v) is 9.80. The number of halogens is 1. The van der Waals surface area contributed by atoms with Gasteiger partial charge < -0.3 is 5.32 Å². The van der Waals surface area contributed by atoms with Crippen LogP contribution in [-0.4, -0.2) is 16.9 Å². The molecule has 13 heavy (non-hydrogen) atoms. The van der Waals surface area contributed by atoms with Crippen LogP contribution in [0.5, 0.6) is 0 Å². The molecule has 0 saturated carbocycles. The highest BCUT2D eigenvalue weighted by molar-refractivity contribution is 7.15. The molecule has 0 aliphatic carbocycles. The van der Waals surface area contributed by atoms with Gasteiger partial charge in [0.1, 0.15) is 0 Å². The average Bonchev–Trinajstić information content (AvgIpc) is 2.31. The van der Waals surface area contributed by atoms with Crippen LogP contribution in [0.15, 0.2) is 0 Å². The van der Waals surface area contributed by atoms with Gasteiger partial charge in [-0.3, -0.25) is 0 Å². The van der Waals surface area contributed by atoms with Crippen LogP contribution in [-0.2, 0) is 0 Å². The van der Waals surface area contributed by atoms with Crippen LogP contribution in [0, 0.1) is 13.8 Å². The molecule has 1 N–H and O–H groups in total. The first-order valence-electron chi connectivity index (χ1n) is 4.40. The lowest BCUT2D eigenvalue weighted by molar-refractivity contribution is 0.767. The quantitative estimate of drug-likeness (QED) is 0.786. The number of hydrogen-bond donors (Lipinski definition) is 1. The molecule has 0 spiro atoms. The van der Waals surface area contributed by atoms with Gasteiger partial charge in [0.15, 0.2) is 5.13 Å². The standard InChI is InChI=1S/C9H15ClN2S/c1-6(4-5-10)11-9-12-7(2)8(3)13-9/h6H,4-5H2,1-3H3,(H,11,12). The molecule has 0 aliphatic rings. The van der Waals surface area contributed by atoms with Crippen LogP contribution in [0.4, 0.5) is 5.13 Å². The minimum atomic E-state index is 0.405. The largest absolute Gasteiger partial charge is 0.359 e. The van der Waals surface area contributed by atoms with Gasteiger partial charge in [0.2, 0.25) is 0 Å². The van der Waals surface area contributed by atoms with Gasteiger partial charge in [-0.15, -0.1) is 22.9 Å². The van der Waals surface area contributed by atoms with E-state index in [1.807, 2.05) is 6.92 Å². The average molecular weight is 219 g/mol. The van der Waals surface area contributed by atoms with Gasteiger partial charge in [0, 0.05) is 16.8 Å². The second-order valence-corrected chi connectivity index (χ2v) is 4.76. The van der Waals surface area contributed by atoms with Crippen LogP contribution < -0.4 is 5.32 Å². The van der Waals surface area contributed by atoms with E-state index < -0.39 is 0 Å². The Balaban J connectivity index is 2.53. The molecule has 1 unspecified atom stereocenters. The number of aryl methyl sites for hydroxylation is 2. The number of nitrogens with one attached hydrogen (secondary N) is 1. The first kappa shape index (κ1) is 10.8. The lowest BCUT2D eigenvalue weighted by atomic mass is 10.3. The molecule has 2 nitrogen and oxygen atoms in total. The third-order valence-corrected chi connectivity index (χ3v) is 3.16. The van der Waals surface area contributed by atoms with E-state index in [2.05, 4.69) is 24.1 Å². The van der Waals surface area contributed by atoms with E-state index in [9.17, 15) is 0 Å². The van der Waals surface area contributed by atoms with Crippen LogP contribution in [0.1, 0.15) is 23.9 Å². The maximum Gasteiger partial charge on any atom is 0.183 e. The minimum absolute atomic E-state index is 0.405. The van der Waals surface area contributed by atoms with Crippen LogP contribution in [0.3, 0.4) is 0 Å². The van der Waals surface area contributed by atoms with Crippen molar-refractivity contribution in [3.8, 4) is 0 Å². The molecule has 1 aromatic rings. The highest BCUT2D eigenvalue weighted by atomic mass is 35.5. The second kappa shape index (κ2) is 4.82. The van der Waals surface area contributed by atoms with Gasteiger partial charge in [0.05, 0.1) is 5.69 Å². The summed E-state index contributed by atoms with van der Waals surface area (Å²) in [6.45, 7) is 6.24. The van der Waals surface area contributed by atoms with Crippen molar-refractivity contribution in [2.45, 2.75) is 33.2 Å². The molecular formula is C9H15ClN2S. The van der Waals surface area contributed by atoms with Gasteiger partial charge in [0.25, 0.3) is 0 Å². The van der Waals surface area contributed by atoms with Crippen molar-refractivity contribution in [3.63, 3.8) is 0 Å². The second-order valence-electron chi connectivity index (χ2n) is 3.18. The van der Waals surface area contributed by atoms with Gasteiger partial charge in [-0.1, -0.05) is 0 Å². The fourth-order valence-electron chi connectivity index (χ4n) is 0.981. The molecule has 1 heterocycles. The fourth-order valence-corrected chi connectivity index (χ4v) is 2.23. The maximum atomic E-state index is 5.64. The summed E-state index contributed by atoms with van der Waals surface area (Å²) >= 11 is 7.35. The zero-order valence-electron chi connectivity index (χ0n) is 8.22. The molecule has 1 atom stereocenters. The van der Waals surface area contributed by atoms with E-state index in [1.54, 1.807) is 11.3 Å². The van der Waals surface area contributed by atoms with E-state index in [1.165, 1.54) is 4.88 Å². The zero-order chi connectivity index (χ0) is 9.84. The van der Waals surface area contributed by atoms with Crippen LogP contribution in [0.2, 0.25) is 0 Å². The Labute approximate surface area is 88.3 Å². The molecule has 0 bridgehead atoms. The Kier molecular flexibility index (Phi) is 4.00. The van der Waals surface area contributed by atoms with Crippen LogP contribution in [0.25, 0.3) is 0 Å². The first-order valence-corrected chi connectivity index (χ1v) is 5.75. The lowest BCUT2D eigenvalue weighted by Gasteiger charge is -2.09. The maximum absolute atomic E-state index is 5.64. The van der Waals surface area contributed by atoms with Crippen LogP contribution >= 0.6 is 22.9 Å². The Morgan fingerprint density at radius 3 is 2.69 bits per heavy atom. The summed E-state index contributed by atoms with van der Waals surface area (Å²) in [7, 11) is 0. The molecule has 0 radical (unpaired) electrons. The van der Waals surface area contributed by atoms with Crippen molar-refractivity contribution in [2.75, 3.05) is 11.2 Å². The first-order chi connectivity index (χ1) is 6.13. The topological polar surface area (TPSA) is 24.9 Å². The number of thiazole rings is 1. The van der Waals surface area contributed by atoms with Crippen molar-refractivity contribution in [2.24, 2.45) is 0 Å². The number of anilines is 1. The predicted octanol–water partition coefficient (Wildman–Crippen LogP) is 3.19. The number of hydrogen-bond acceptors (Lipinski definition) is 3. The molecule has 0 saturated heterocycles. The highest BCUT2D eigenvalue weighted by Crippen LogP contribution is 2.22. The molecule has 4 heteroatoms. The summed E-state index contributed by atoms with van der Waals surface area (Å²) in [6, 6.07) is 0.405. The normalized spacial score (nSPS) is 12.9. The molecule has 0 fully saturated rings. The lowest BCUT2D eigenvalue weighted by Crippen LogP contribution is -2.15. The monoisotopic (exact) mass is 218 g/mol. The van der Waals surface area contributed by atoms with Crippen molar-refractivity contribution < 1.29 is 0 Å². The highest BCUT2D eigenvalue weighted by Gasteiger charge is 2.06. The number of rotatable bonds is 4. The summed E-state index contributed by atoms with van der Waals surface area (Å²) in [5.74, 6) is 0.692. The third-order valence-electron chi connectivity index (χ3n) is 1.94. The van der Waals surface area contributed by atoms with Crippen molar-refractivity contribution in [1.82, 2.24) is 4.98 Å². The third kappa shape index (κ3) is 3.16. The van der Waals surface area contributed by atoms with E-state index in [0.29, 0.717) is 11.9 Å². The van der Waals surface area contributed by atoms with E-state index in [4.69, 9.17) is 11.6 Å². The molecule has 74 valence electrons. The molecule has 1 aromatic heterocycles. The van der Waals surface area contributed by atoms with E-state index in [0.717, 1.165) is 17.2 Å². The molecule has 0 amide bonds. The molecule has 1 rings (SSSR count). The van der Waals surface area contributed by atoms with Gasteiger partial charge in [-0.25, -0.2) is 4.98 Å². The minimum Gasteiger partial charge on any atom is -0.359 e. The molecule has 0 aromatic carbocycles. The van der Waals surface area contributed by atoms with Crippen molar-refractivity contribution in [1.29, 1.82) is 0 Å². The van der Waals surface area contributed by atoms with Crippen molar-refractivity contribution in [3.05, 3.63) is 10.6 Å². The van der Waals surface area contributed by atoms with Gasteiger partial charge in [-0.2, -0.15) is 0 Å². The Morgan fingerprint density at radius 2 is 2.23 bits per heavy atom. The number of nitrogens with zero attached hydrogens (tertiary/aromatic N) is 1. The number of aromatic nitrogens is 1. The number of alkyl halides is 1. The smallest absolute Gasteiger partial charge is 0.183 e. The Hall–Kier alpha value is -0.280. The summed E-state index contributed by atoms with van der Waals surface area (Å²) in [6.07, 6.45) is 0.971. The Bertz CT molecular complexity index is 253. The molecule has 0 aliphatic heterocycles. The summed E-state index contributed by atoms with van der Waals surface area (Å²) in [4.78, 5) is 5.68. The summed E-state index contributed by atoms with van der Waals surface area (Å²) in [5, 5.41) is 4.33. The fraction of sp³-hybridized carbons (Fsp3) is 0.667. The van der Waals surface area contributed by atoms with E-state index >= 15 is 0 Å². The summed E-state index contributed by atoms with van der Waals surface area (Å²) < 4.78 is 0.